The second-order valence-corrected chi connectivity index (χ2v) is 3.21. The van der Waals surface area contributed by atoms with Crippen molar-refractivity contribution >= 4 is 11.9 Å². The lowest BCUT2D eigenvalue weighted by Gasteiger charge is -2.11. The van der Waals surface area contributed by atoms with E-state index in [1.165, 1.54) is 24.4 Å². The topological polar surface area (TPSA) is 12.4 Å². The fraction of sp³-hybridized carbons (Fsp3) is 0.250. The Balaban J connectivity index is 3.14. The number of hydrogen-bond acceptors (Lipinski definition) is 1. The summed E-state index contributed by atoms with van der Waals surface area (Å²) in [4.78, 5) is 3.87. The molecule has 1 rings (SSSR count). The molecule has 0 aromatic heterocycles. The third kappa shape index (κ3) is 2.95. The molecule has 1 nitrogen and oxygen atoms in total. The Morgan fingerprint density at radius 2 is 2.00 bits per heavy atom. The van der Waals surface area contributed by atoms with Gasteiger partial charge in [0.15, 0.2) is 0 Å². The van der Waals surface area contributed by atoms with E-state index >= 15 is 0 Å². The quantitative estimate of drug-likeness (QED) is 0.687. The normalized spacial score (nSPS) is 12.0. The minimum atomic E-state index is -4.37. The molecule has 16 heavy (non-hydrogen) atoms. The molecule has 0 bridgehead atoms. The third-order valence-corrected chi connectivity index (χ3v) is 1.97. The van der Waals surface area contributed by atoms with Crippen LogP contribution in [0.2, 0.25) is 0 Å². The average Bonchev–Trinajstić information content (AvgIpc) is 2.24. The van der Waals surface area contributed by atoms with Gasteiger partial charge >= 0.3 is 6.18 Å². The zero-order chi connectivity index (χ0) is 12.2. The van der Waals surface area contributed by atoms with Crippen molar-refractivity contribution in [2.24, 2.45) is 4.99 Å². The van der Waals surface area contributed by atoms with Crippen molar-refractivity contribution in [3.05, 3.63) is 42.0 Å². The number of aliphatic imine (C=N–C) groups is 1. The standard InChI is InChI=1S/C12H12F3N/c1-3-8-16-9(2)10-6-4-5-7-11(10)12(13,14)15/h4-8H,2-3H2,1H3. The summed E-state index contributed by atoms with van der Waals surface area (Å²) in [6.07, 6.45) is -2.18. The summed E-state index contributed by atoms with van der Waals surface area (Å²) in [5.74, 6) is 0. The van der Waals surface area contributed by atoms with E-state index in [1.807, 2.05) is 6.92 Å². The molecule has 0 aliphatic rings. The van der Waals surface area contributed by atoms with Crippen LogP contribution >= 0.6 is 0 Å². The molecule has 0 heterocycles. The van der Waals surface area contributed by atoms with E-state index in [4.69, 9.17) is 0 Å². The van der Waals surface area contributed by atoms with Crippen molar-refractivity contribution in [1.82, 2.24) is 0 Å². The van der Waals surface area contributed by atoms with E-state index in [1.54, 1.807) is 0 Å². The van der Waals surface area contributed by atoms with Gasteiger partial charge in [-0.25, -0.2) is 0 Å². The molecular formula is C12H12F3N. The predicted octanol–water partition coefficient (Wildman–Crippen LogP) is 4.16. The van der Waals surface area contributed by atoms with Gasteiger partial charge in [-0.1, -0.05) is 31.7 Å². The van der Waals surface area contributed by atoms with Crippen molar-refractivity contribution in [3.63, 3.8) is 0 Å². The molecule has 0 unspecified atom stereocenters. The first-order valence-corrected chi connectivity index (χ1v) is 4.85. The highest BCUT2D eigenvalue weighted by Gasteiger charge is 2.33. The Kier molecular flexibility index (Phi) is 3.88. The molecule has 0 amide bonds. The first-order valence-electron chi connectivity index (χ1n) is 4.85. The first kappa shape index (κ1) is 12.5. The van der Waals surface area contributed by atoms with Gasteiger partial charge in [0, 0.05) is 11.8 Å². The number of halogens is 3. The zero-order valence-electron chi connectivity index (χ0n) is 8.88. The van der Waals surface area contributed by atoms with E-state index in [0.29, 0.717) is 6.42 Å². The molecule has 0 aliphatic carbocycles. The van der Waals surface area contributed by atoms with Crippen LogP contribution in [0.15, 0.2) is 35.8 Å². The van der Waals surface area contributed by atoms with Gasteiger partial charge < -0.3 is 0 Å². The fourth-order valence-electron chi connectivity index (χ4n) is 1.25. The number of alkyl halides is 3. The summed E-state index contributed by atoms with van der Waals surface area (Å²) in [7, 11) is 0. The largest absolute Gasteiger partial charge is 0.417 e. The minimum absolute atomic E-state index is 0.0275. The molecule has 4 heteroatoms. The molecule has 0 radical (unpaired) electrons. The molecule has 1 aromatic carbocycles. The zero-order valence-corrected chi connectivity index (χ0v) is 8.88. The Bertz CT molecular complexity index is 405. The third-order valence-electron chi connectivity index (χ3n) is 1.97. The maximum atomic E-state index is 12.6. The molecule has 86 valence electrons. The number of hydrogen-bond donors (Lipinski definition) is 0. The van der Waals surface area contributed by atoms with Gasteiger partial charge in [0.1, 0.15) is 0 Å². The molecular weight excluding hydrogens is 215 g/mol. The van der Waals surface area contributed by atoms with Crippen LogP contribution in [0.5, 0.6) is 0 Å². The molecule has 0 aliphatic heterocycles. The van der Waals surface area contributed by atoms with E-state index in [-0.39, 0.29) is 11.3 Å². The van der Waals surface area contributed by atoms with Crippen LogP contribution < -0.4 is 0 Å². The second kappa shape index (κ2) is 4.96. The van der Waals surface area contributed by atoms with Crippen molar-refractivity contribution in [1.29, 1.82) is 0 Å². The van der Waals surface area contributed by atoms with Gasteiger partial charge in [-0.3, -0.25) is 4.99 Å². The summed E-state index contributed by atoms with van der Waals surface area (Å²) in [6, 6.07) is 5.29. The van der Waals surface area contributed by atoms with E-state index in [9.17, 15) is 13.2 Å². The van der Waals surface area contributed by atoms with E-state index in [2.05, 4.69) is 11.6 Å². The minimum Gasteiger partial charge on any atom is -0.261 e. The number of nitrogens with zero attached hydrogens (tertiary/aromatic N) is 1. The first-order chi connectivity index (χ1) is 7.46. The maximum Gasteiger partial charge on any atom is 0.417 e. The van der Waals surface area contributed by atoms with Crippen LogP contribution in [0.3, 0.4) is 0 Å². The van der Waals surface area contributed by atoms with Crippen LogP contribution in [0.25, 0.3) is 5.70 Å². The highest BCUT2D eigenvalue weighted by atomic mass is 19.4. The molecule has 1 aromatic rings. The lowest BCUT2D eigenvalue weighted by molar-refractivity contribution is -0.137. The molecule has 0 fully saturated rings. The molecule has 0 saturated heterocycles. The van der Waals surface area contributed by atoms with Crippen molar-refractivity contribution in [2.75, 3.05) is 0 Å². The van der Waals surface area contributed by atoms with Crippen LogP contribution in [-0.2, 0) is 6.18 Å². The van der Waals surface area contributed by atoms with Gasteiger partial charge in [0.2, 0.25) is 0 Å². The Morgan fingerprint density at radius 3 is 2.56 bits per heavy atom. The maximum absolute atomic E-state index is 12.6. The molecule has 0 N–H and O–H groups in total. The summed E-state index contributed by atoms with van der Waals surface area (Å²) in [5.41, 5.74) is -0.539. The summed E-state index contributed by atoms with van der Waals surface area (Å²) < 4.78 is 37.9. The van der Waals surface area contributed by atoms with Gasteiger partial charge in [0.05, 0.1) is 11.3 Å². The lowest BCUT2D eigenvalue weighted by atomic mass is 10.1. The number of benzene rings is 1. The predicted molar refractivity (Wildman–Crippen MR) is 59.3 cm³/mol. The second-order valence-electron chi connectivity index (χ2n) is 3.21. The highest BCUT2D eigenvalue weighted by molar-refractivity contribution is 5.74. The SMILES string of the molecule is C=C(N=CCC)c1ccccc1C(F)(F)F. The van der Waals surface area contributed by atoms with Crippen LogP contribution in [-0.4, -0.2) is 6.21 Å². The number of rotatable bonds is 3. The Morgan fingerprint density at radius 1 is 1.38 bits per heavy atom. The van der Waals surface area contributed by atoms with Crippen LogP contribution in [0.4, 0.5) is 13.2 Å². The van der Waals surface area contributed by atoms with Gasteiger partial charge in [-0.15, -0.1) is 0 Å². The molecule has 0 spiro atoms. The van der Waals surface area contributed by atoms with Gasteiger partial charge in [-0.05, 0) is 12.5 Å². The van der Waals surface area contributed by atoms with Gasteiger partial charge in [-0.2, -0.15) is 13.2 Å². The van der Waals surface area contributed by atoms with Crippen LogP contribution in [0.1, 0.15) is 24.5 Å². The Hall–Kier alpha value is -1.58. The molecule has 0 saturated carbocycles. The van der Waals surface area contributed by atoms with E-state index < -0.39 is 11.7 Å². The van der Waals surface area contributed by atoms with E-state index in [0.717, 1.165) is 6.07 Å². The smallest absolute Gasteiger partial charge is 0.261 e. The fourth-order valence-corrected chi connectivity index (χ4v) is 1.25. The summed E-state index contributed by atoms with van der Waals surface area (Å²) >= 11 is 0. The Labute approximate surface area is 92.3 Å². The average molecular weight is 227 g/mol. The van der Waals surface area contributed by atoms with Crippen molar-refractivity contribution in [2.45, 2.75) is 19.5 Å². The highest BCUT2D eigenvalue weighted by Crippen LogP contribution is 2.34. The summed E-state index contributed by atoms with van der Waals surface area (Å²) in [5, 5.41) is 0. The molecule has 0 atom stereocenters. The van der Waals surface area contributed by atoms with Crippen molar-refractivity contribution in [3.8, 4) is 0 Å². The lowest BCUT2D eigenvalue weighted by Crippen LogP contribution is -2.08. The van der Waals surface area contributed by atoms with Crippen LogP contribution in [0, 0.1) is 0 Å². The van der Waals surface area contributed by atoms with Crippen molar-refractivity contribution < 1.29 is 13.2 Å². The van der Waals surface area contributed by atoms with Gasteiger partial charge in [0.25, 0.3) is 0 Å². The summed E-state index contributed by atoms with van der Waals surface area (Å²) in [6.45, 7) is 5.39. The monoisotopic (exact) mass is 227 g/mol.